The highest BCUT2D eigenvalue weighted by molar-refractivity contribution is 5.75. The molecule has 0 aromatic rings. The number of hydrogen-bond acceptors (Lipinski definition) is 4. The van der Waals surface area contributed by atoms with Crippen LogP contribution in [0.1, 0.15) is 39.0 Å². The van der Waals surface area contributed by atoms with Crippen LogP contribution in [0.4, 0.5) is 0 Å². The maximum absolute atomic E-state index is 11.7. The number of likely N-dealkylation sites (tertiary alicyclic amines) is 1. The average Bonchev–Trinajstić information content (AvgIpc) is 2.74. The summed E-state index contributed by atoms with van der Waals surface area (Å²) < 4.78 is 10.7. The van der Waals surface area contributed by atoms with Crippen molar-refractivity contribution in [2.75, 3.05) is 20.2 Å². The summed E-state index contributed by atoms with van der Waals surface area (Å²) in [4.78, 5) is 14.0. The molecule has 4 nitrogen and oxygen atoms in total. The van der Waals surface area contributed by atoms with Crippen LogP contribution in [-0.2, 0) is 14.3 Å². The van der Waals surface area contributed by atoms with E-state index in [9.17, 15) is 4.79 Å². The van der Waals surface area contributed by atoms with Crippen LogP contribution < -0.4 is 0 Å². The SMILES string of the molecule is COC(=O)[C@H]1CCCCN1CC1CCC(C)O1. The van der Waals surface area contributed by atoms with E-state index in [0.717, 1.165) is 38.8 Å². The molecule has 2 aliphatic rings. The molecule has 0 bridgehead atoms. The fourth-order valence-electron chi connectivity index (χ4n) is 2.89. The van der Waals surface area contributed by atoms with Gasteiger partial charge in [-0.05, 0) is 39.2 Å². The largest absolute Gasteiger partial charge is 0.468 e. The Morgan fingerprint density at radius 2 is 2.18 bits per heavy atom. The maximum Gasteiger partial charge on any atom is 0.323 e. The van der Waals surface area contributed by atoms with Crippen molar-refractivity contribution in [3.8, 4) is 0 Å². The minimum Gasteiger partial charge on any atom is -0.468 e. The molecule has 17 heavy (non-hydrogen) atoms. The van der Waals surface area contributed by atoms with Crippen molar-refractivity contribution < 1.29 is 14.3 Å². The molecule has 4 heteroatoms. The number of piperidine rings is 1. The van der Waals surface area contributed by atoms with Gasteiger partial charge in [0, 0.05) is 6.54 Å². The number of esters is 1. The minimum atomic E-state index is -0.0873. The van der Waals surface area contributed by atoms with Gasteiger partial charge in [-0.1, -0.05) is 6.42 Å². The van der Waals surface area contributed by atoms with Crippen molar-refractivity contribution in [2.45, 2.75) is 57.3 Å². The number of rotatable bonds is 3. The zero-order valence-corrected chi connectivity index (χ0v) is 10.9. The molecule has 0 aromatic heterocycles. The zero-order chi connectivity index (χ0) is 12.3. The summed E-state index contributed by atoms with van der Waals surface area (Å²) in [5.41, 5.74) is 0. The van der Waals surface area contributed by atoms with Crippen LogP contribution in [-0.4, -0.2) is 49.3 Å². The lowest BCUT2D eigenvalue weighted by molar-refractivity contribution is -0.149. The van der Waals surface area contributed by atoms with Crippen molar-refractivity contribution >= 4 is 5.97 Å². The summed E-state index contributed by atoms with van der Waals surface area (Å²) in [6, 6.07) is -0.0479. The Kier molecular flexibility index (Phi) is 4.40. The Morgan fingerprint density at radius 1 is 1.35 bits per heavy atom. The third-order valence-corrected chi connectivity index (χ3v) is 3.84. The van der Waals surface area contributed by atoms with Crippen LogP contribution in [0.15, 0.2) is 0 Å². The lowest BCUT2D eigenvalue weighted by Gasteiger charge is -2.35. The number of ether oxygens (including phenoxy) is 2. The van der Waals surface area contributed by atoms with Crippen molar-refractivity contribution in [3.05, 3.63) is 0 Å². The second-order valence-electron chi connectivity index (χ2n) is 5.18. The summed E-state index contributed by atoms with van der Waals surface area (Å²) in [5.74, 6) is -0.0873. The van der Waals surface area contributed by atoms with Gasteiger partial charge in [0.1, 0.15) is 6.04 Å². The second kappa shape index (κ2) is 5.83. The Bertz CT molecular complexity index is 269. The number of carbonyl (C=O) groups excluding carboxylic acids is 1. The summed E-state index contributed by atoms with van der Waals surface area (Å²) >= 11 is 0. The van der Waals surface area contributed by atoms with Crippen molar-refractivity contribution in [1.82, 2.24) is 4.90 Å². The smallest absolute Gasteiger partial charge is 0.323 e. The summed E-state index contributed by atoms with van der Waals surface area (Å²) in [7, 11) is 1.48. The number of carbonyl (C=O) groups is 1. The molecular weight excluding hydrogens is 218 g/mol. The molecule has 0 aliphatic carbocycles. The number of hydrogen-bond donors (Lipinski definition) is 0. The number of nitrogens with zero attached hydrogens (tertiary/aromatic N) is 1. The van der Waals surface area contributed by atoms with Gasteiger partial charge in [-0.3, -0.25) is 9.69 Å². The molecule has 0 saturated carbocycles. The third kappa shape index (κ3) is 3.19. The molecule has 0 amide bonds. The zero-order valence-electron chi connectivity index (χ0n) is 10.9. The highest BCUT2D eigenvalue weighted by Gasteiger charge is 2.32. The molecule has 0 radical (unpaired) electrons. The first kappa shape index (κ1) is 12.8. The predicted octanol–water partition coefficient (Wildman–Crippen LogP) is 1.58. The molecule has 2 aliphatic heterocycles. The van der Waals surface area contributed by atoms with Gasteiger partial charge in [0.25, 0.3) is 0 Å². The first-order valence-electron chi connectivity index (χ1n) is 6.68. The second-order valence-corrected chi connectivity index (χ2v) is 5.18. The van der Waals surface area contributed by atoms with E-state index in [0.29, 0.717) is 12.2 Å². The van der Waals surface area contributed by atoms with Crippen LogP contribution >= 0.6 is 0 Å². The molecule has 2 unspecified atom stereocenters. The van der Waals surface area contributed by atoms with Gasteiger partial charge in [-0.15, -0.1) is 0 Å². The van der Waals surface area contributed by atoms with Crippen molar-refractivity contribution in [3.63, 3.8) is 0 Å². The fourth-order valence-corrected chi connectivity index (χ4v) is 2.89. The van der Waals surface area contributed by atoms with Gasteiger partial charge in [0.15, 0.2) is 0 Å². The monoisotopic (exact) mass is 241 g/mol. The topological polar surface area (TPSA) is 38.8 Å². The molecule has 3 atom stereocenters. The van der Waals surface area contributed by atoms with Gasteiger partial charge < -0.3 is 9.47 Å². The highest BCUT2D eigenvalue weighted by Crippen LogP contribution is 2.24. The molecule has 98 valence electrons. The lowest BCUT2D eigenvalue weighted by atomic mass is 10.0. The minimum absolute atomic E-state index is 0.0479. The summed E-state index contributed by atoms with van der Waals surface area (Å²) in [5, 5.41) is 0. The van der Waals surface area contributed by atoms with E-state index >= 15 is 0 Å². The van der Waals surface area contributed by atoms with Crippen LogP contribution in [0.25, 0.3) is 0 Å². The molecule has 2 saturated heterocycles. The van der Waals surface area contributed by atoms with Crippen LogP contribution in [0.3, 0.4) is 0 Å². The van der Waals surface area contributed by atoms with E-state index in [1.807, 2.05) is 0 Å². The van der Waals surface area contributed by atoms with Gasteiger partial charge in [-0.2, -0.15) is 0 Å². The molecule has 0 N–H and O–H groups in total. The summed E-state index contributed by atoms with van der Waals surface area (Å²) in [6.45, 7) is 3.99. The molecule has 2 heterocycles. The average molecular weight is 241 g/mol. The molecular formula is C13H23NO3. The Labute approximate surface area is 103 Å². The quantitative estimate of drug-likeness (QED) is 0.703. The molecule has 0 spiro atoms. The summed E-state index contributed by atoms with van der Waals surface area (Å²) in [6.07, 6.45) is 6.16. The first-order valence-corrected chi connectivity index (χ1v) is 6.68. The Balaban J connectivity index is 1.90. The van der Waals surface area contributed by atoms with Gasteiger partial charge >= 0.3 is 5.97 Å². The van der Waals surface area contributed by atoms with Gasteiger partial charge in [0.2, 0.25) is 0 Å². The fraction of sp³-hybridized carbons (Fsp3) is 0.923. The lowest BCUT2D eigenvalue weighted by Crippen LogP contribution is -2.48. The van der Waals surface area contributed by atoms with Crippen molar-refractivity contribution in [2.24, 2.45) is 0 Å². The normalized spacial score (nSPS) is 34.8. The predicted molar refractivity (Wildman–Crippen MR) is 64.8 cm³/mol. The van der Waals surface area contributed by atoms with E-state index in [4.69, 9.17) is 9.47 Å². The standard InChI is InChI=1S/C13H23NO3/c1-10-6-7-11(17-10)9-14-8-4-3-5-12(14)13(15)16-2/h10-12H,3-9H2,1-2H3/t10?,11?,12-/m1/s1. The first-order chi connectivity index (χ1) is 8.20. The van der Waals surface area contributed by atoms with E-state index in [-0.39, 0.29) is 12.0 Å². The van der Waals surface area contributed by atoms with Crippen LogP contribution in [0, 0.1) is 0 Å². The van der Waals surface area contributed by atoms with Crippen LogP contribution in [0.2, 0.25) is 0 Å². The van der Waals surface area contributed by atoms with E-state index in [1.165, 1.54) is 13.5 Å². The highest BCUT2D eigenvalue weighted by atomic mass is 16.5. The van der Waals surface area contributed by atoms with Crippen molar-refractivity contribution in [1.29, 1.82) is 0 Å². The number of methoxy groups -OCH3 is 1. The molecule has 2 fully saturated rings. The van der Waals surface area contributed by atoms with E-state index in [1.54, 1.807) is 0 Å². The van der Waals surface area contributed by atoms with Gasteiger partial charge in [-0.25, -0.2) is 0 Å². The third-order valence-electron chi connectivity index (χ3n) is 3.84. The Hall–Kier alpha value is -0.610. The Morgan fingerprint density at radius 3 is 2.82 bits per heavy atom. The maximum atomic E-state index is 11.7. The molecule has 0 aromatic carbocycles. The van der Waals surface area contributed by atoms with Crippen LogP contribution in [0.5, 0.6) is 0 Å². The molecule has 2 rings (SSSR count). The van der Waals surface area contributed by atoms with E-state index in [2.05, 4.69) is 11.8 Å². The van der Waals surface area contributed by atoms with Gasteiger partial charge in [0.05, 0.1) is 19.3 Å². The van der Waals surface area contributed by atoms with E-state index < -0.39 is 0 Å².